The number of amides is 1. The summed E-state index contributed by atoms with van der Waals surface area (Å²) < 4.78 is 5.69. The van der Waals surface area contributed by atoms with Gasteiger partial charge in [-0.1, -0.05) is 53.3 Å². The number of anilines is 1. The van der Waals surface area contributed by atoms with Crippen molar-refractivity contribution in [2.24, 2.45) is 0 Å². The van der Waals surface area contributed by atoms with E-state index in [-0.39, 0.29) is 16.3 Å². The molecule has 8 nitrogen and oxygen atoms in total. The Morgan fingerprint density at radius 1 is 1.03 bits per heavy atom. The lowest BCUT2D eigenvalue weighted by molar-refractivity contribution is -0.112. The molecule has 2 heterocycles. The first-order valence-electron chi connectivity index (χ1n) is 9.70. The number of nitrogens with one attached hydrogen (secondary N) is 1. The fourth-order valence-electron chi connectivity index (χ4n) is 2.90. The number of aromatic nitrogens is 2. The van der Waals surface area contributed by atoms with Crippen LogP contribution in [0, 0.1) is 18.3 Å². The molecule has 4 rings (SSSR count). The predicted octanol–water partition coefficient (Wildman–Crippen LogP) is 5.02. The van der Waals surface area contributed by atoms with Crippen LogP contribution in [0.5, 0.6) is 0 Å². The zero-order valence-corrected chi connectivity index (χ0v) is 18.1. The third kappa shape index (κ3) is 5.03. The second kappa shape index (κ2) is 9.30. The van der Waals surface area contributed by atoms with Gasteiger partial charge in [0, 0.05) is 17.2 Å². The Bertz CT molecular complexity index is 1390. The highest BCUT2D eigenvalue weighted by Gasteiger charge is 2.15. The molecule has 4 aromatic rings. The molecule has 33 heavy (non-hydrogen) atoms. The van der Waals surface area contributed by atoms with Crippen molar-refractivity contribution >= 4 is 34.4 Å². The van der Waals surface area contributed by atoms with Crippen LogP contribution >= 0.6 is 11.3 Å². The molecule has 2 aromatic heterocycles. The third-order valence-corrected chi connectivity index (χ3v) is 5.53. The lowest BCUT2D eigenvalue weighted by atomic mass is 10.1. The fourth-order valence-corrected chi connectivity index (χ4v) is 3.65. The van der Waals surface area contributed by atoms with Crippen LogP contribution in [-0.4, -0.2) is 27.2 Å². The number of aryl methyl sites for hydroxylation is 1. The van der Waals surface area contributed by atoms with Gasteiger partial charge in [-0.3, -0.25) is 10.1 Å². The van der Waals surface area contributed by atoms with Crippen molar-refractivity contribution in [1.82, 2.24) is 10.2 Å². The summed E-state index contributed by atoms with van der Waals surface area (Å²) in [7, 11) is 0. The van der Waals surface area contributed by atoms with Crippen molar-refractivity contribution in [2.75, 3.05) is 5.32 Å². The molecule has 162 valence electrons. The number of nitriles is 1. The van der Waals surface area contributed by atoms with E-state index in [0.717, 1.165) is 11.1 Å². The first-order valence-corrected chi connectivity index (χ1v) is 10.5. The molecule has 0 saturated carbocycles. The number of carboxylic acid groups (broad SMARTS) is 1. The van der Waals surface area contributed by atoms with Gasteiger partial charge in [-0.25, -0.2) is 4.79 Å². The topological polar surface area (TPSA) is 129 Å². The number of hydrogen-bond donors (Lipinski definition) is 2. The quantitative estimate of drug-likeness (QED) is 0.308. The number of furan rings is 1. The van der Waals surface area contributed by atoms with Gasteiger partial charge in [0.1, 0.15) is 28.2 Å². The number of aromatic carboxylic acids is 1. The van der Waals surface area contributed by atoms with Crippen molar-refractivity contribution in [3.05, 3.63) is 83.1 Å². The summed E-state index contributed by atoms with van der Waals surface area (Å²) >= 11 is 1.20. The maximum Gasteiger partial charge on any atom is 0.335 e. The van der Waals surface area contributed by atoms with E-state index < -0.39 is 11.9 Å². The highest BCUT2D eigenvalue weighted by atomic mass is 32.1. The summed E-state index contributed by atoms with van der Waals surface area (Å²) in [6.07, 6.45) is 1.33. The molecule has 0 saturated heterocycles. The monoisotopic (exact) mass is 456 g/mol. The van der Waals surface area contributed by atoms with Crippen LogP contribution < -0.4 is 5.32 Å². The average molecular weight is 456 g/mol. The maximum absolute atomic E-state index is 12.6. The van der Waals surface area contributed by atoms with Crippen LogP contribution in [-0.2, 0) is 4.79 Å². The summed E-state index contributed by atoms with van der Waals surface area (Å²) in [5.41, 5.74) is 2.67. The minimum Gasteiger partial charge on any atom is -0.478 e. The largest absolute Gasteiger partial charge is 0.478 e. The van der Waals surface area contributed by atoms with Crippen molar-refractivity contribution in [3.8, 4) is 28.0 Å². The Kier molecular flexibility index (Phi) is 6.11. The second-order valence-corrected chi connectivity index (χ2v) is 7.96. The zero-order valence-electron chi connectivity index (χ0n) is 17.3. The summed E-state index contributed by atoms with van der Waals surface area (Å²) in [6, 6.07) is 19.1. The van der Waals surface area contributed by atoms with E-state index in [9.17, 15) is 14.9 Å². The standard InChI is InChI=1S/C24H16N4O4S/c1-14-2-4-16(5-3-14)22-27-28-24(33-22)26-21(29)18(13-25)12-19-10-11-20(32-19)15-6-8-17(9-7-15)23(30)31/h2-12H,1H3,(H,30,31)(H,26,28,29)/b18-12-. The molecule has 1 amide bonds. The van der Waals surface area contributed by atoms with E-state index in [1.165, 1.54) is 29.5 Å². The molecule has 0 aliphatic carbocycles. The van der Waals surface area contributed by atoms with Gasteiger partial charge in [-0.05, 0) is 31.2 Å². The lowest BCUT2D eigenvalue weighted by Gasteiger charge is -1.99. The first-order chi connectivity index (χ1) is 15.9. The molecule has 2 aromatic carbocycles. The highest BCUT2D eigenvalue weighted by molar-refractivity contribution is 7.18. The summed E-state index contributed by atoms with van der Waals surface area (Å²) in [5.74, 6) is -0.872. The Morgan fingerprint density at radius 2 is 1.73 bits per heavy atom. The number of carboxylic acids is 1. The Morgan fingerprint density at radius 3 is 2.39 bits per heavy atom. The van der Waals surface area contributed by atoms with Crippen molar-refractivity contribution in [3.63, 3.8) is 0 Å². The van der Waals surface area contributed by atoms with Gasteiger partial charge >= 0.3 is 5.97 Å². The molecule has 0 fully saturated rings. The minimum atomic E-state index is -1.02. The number of carbonyl (C=O) groups excluding carboxylic acids is 1. The van der Waals surface area contributed by atoms with Crippen molar-refractivity contribution in [2.45, 2.75) is 6.92 Å². The van der Waals surface area contributed by atoms with E-state index in [4.69, 9.17) is 9.52 Å². The van der Waals surface area contributed by atoms with Crippen LogP contribution in [0.4, 0.5) is 5.13 Å². The molecule has 0 spiro atoms. The number of rotatable bonds is 6. The van der Waals surface area contributed by atoms with Crippen LogP contribution in [0.1, 0.15) is 21.7 Å². The van der Waals surface area contributed by atoms with Gasteiger partial charge in [0.05, 0.1) is 5.56 Å². The summed E-state index contributed by atoms with van der Waals surface area (Å²) in [6.45, 7) is 1.99. The smallest absolute Gasteiger partial charge is 0.335 e. The predicted molar refractivity (Wildman–Crippen MR) is 123 cm³/mol. The van der Waals surface area contributed by atoms with E-state index in [1.807, 2.05) is 37.3 Å². The van der Waals surface area contributed by atoms with Crippen LogP contribution in [0.2, 0.25) is 0 Å². The van der Waals surface area contributed by atoms with Gasteiger partial charge < -0.3 is 9.52 Å². The Labute approximate surface area is 192 Å². The van der Waals surface area contributed by atoms with Crippen LogP contribution in [0.15, 0.2) is 70.7 Å². The van der Waals surface area contributed by atoms with E-state index in [0.29, 0.717) is 22.1 Å². The lowest BCUT2D eigenvalue weighted by Crippen LogP contribution is -2.13. The Balaban J connectivity index is 1.48. The van der Waals surface area contributed by atoms with Gasteiger partial charge in [-0.15, -0.1) is 10.2 Å². The maximum atomic E-state index is 12.6. The second-order valence-electron chi connectivity index (χ2n) is 6.99. The number of benzene rings is 2. The first kappa shape index (κ1) is 21.7. The molecule has 0 unspecified atom stereocenters. The molecule has 0 aliphatic rings. The van der Waals surface area contributed by atoms with Crippen molar-refractivity contribution < 1.29 is 19.1 Å². The van der Waals surface area contributed by atoms with Crippen LogP contribution in [0.3, 0.4) is 0 Å². The normalized spacial score (nSPS) is 11.1. The average Bonchev–Trinajstić information content (AvgIpc) is 3.48. The summed E-state index contributed by atoms with van der Waals surface area (Å²) in [5, 5.41) is 30.0. The third-order valence-electron chi connectivity index (χ3n) is 4.64. The highest BCUT2D eigenvalue weighted by Crippen LogP contribution is 2.27. The molecule has 0 radical (unpaired) electrons. The van der Waals surface area contributed by atoms with Gasteiger partial charge in [0.15, 0.2) is 0 Å². The SMILES string of the molecule is Cc1ccc(-c2nnc(NC(=O)/C(C#N)=C\c3ccc(-c4ccc(C(=O)O)cc4)o3)s2)cc1. The van der Waals surface area contributed by atoms with Gasteiger partial charge in [-0.2, -0.15) is 5.26 Å². The van der Waals surface area contributed by atoms with Gasteiger partial charge in [0.2, 0.25) is 5.13 Å². The molecule has 2 N–H and O–H groups in total. The summed E-state index contributed by atoms with van der Waals surface area (Å²) in [4.78, 5) is 23.5. The molecular weight excluding hydrogens is 440 g/mol. The fraction of sp³-hybridized carbons (Fsp3) is 0.0417. The van der Waals surface area contributed by atoms with Gasteiger partial charge in [0.25, 0.3) is 5.91 Å². The Hall–Kier alpha value is -4.55. The minimum absolute atomic E-state index is 0.163. The van der Waals surface area contributed by atoms with Crippen LogP contribution in [0.25, 0.3) is 28.0 Å². The molecule has 9 heteroatoms. The number of carbonyl (C=O) groups is 2. The molecule has 0 atom stereocenters. The van der Waals surface area contributed by atoms with Crippen molar-refractivity contribution in [1.29, 1.82) is 5.26 Å². The van der Waals surface area contributed by atoms with E-state index in [1.54, 1.807) is 24.3 Å². The van der Waals surface area contributed by atoms with E-state index >= 15 is 0 Å². The number of hydrogen-bond acceptors (Lipinski definition) is 7. The number of nitrogens with zero attached hydrogens (tertiary/aromatic N) is 3. The molecule has 0 bridgehead atoms. The molecular formula is C24H16N4O4S. The van der Waals surface area contributed by atoms with E-state index in [2.05, 4.69) is 15.5 Å². The zero-order chi connectivity index (χ0) is 23.4. The molecule has 0 aliphatic heterocycles.